The van der Waals surface area contributed by atoms with Crippen molar-refractivity contribution < 1.29 is 9.90 Å². The smallest absolute Gasteiger partial charge is 0.320 e. The van der Waals surface area contributed by atoms with Gasteiger partial charge in [0.05, 0.1) is 6.54 Å². The van der Waals surface area contributed by atoms with Crippen molar-refractivity contribution in [3.8, 4) is 0 Å². The van der Waals surface area contributed by atoms with Gasteiger partial charge in [-0.05, 0) is 19.4 Å². The zero-order valence-corrected chi connectivity index (χ0v) is 9.33. The molecule has 0 aromatic carbocycles. The van der Waals surface area contributed by atoms with Crippen LogP contribution in [0.5, 0.6) is 0 Å². The Labute approximate surface area is 93.9 Å². The van der Waals surface area contributed by atoms with E-state index >= 15 is 0 Å². The molecule has 1 aliphatic rings. The topological polar surface area (TPSA) is 71.2 Å². The summed E-state index contributed by atoms with van der Waals surface area (Å²) in [5, 5.41) is 13.1. The van der Waals surface area contributed by atoms with Crippen LogP contribution in [-0.4, -0.2) is 43.3 Å². The minimum absolute atomic E-state index is 0.370. The van der Waals surface area contributed by atoms with Gasteiger partial charge in [0.25, 0.3) is 0 Å². The molecule has 2 heterocycles. The van der Waals surface area contributed by atoms with Crippen LogP contribution >= 0.6 is 0 Å². The zero-order valence-electron chi connectivity index (χ0n) is 9.33. The summed E-state index contributed by atoms with van der Waals surface area (Å²) in [4.78, 5) is 17.2. The summed E-state index contributed by atoms with van der Waals surface area (Å²) < 4.78 is 1.69. The van der Waals surface area contributed by atoms with E-state index in [9.17, 15) is 4.79 Å². The molecule has 0 spiro atoms. The Balaban J connectivity index is 2.07. The molecule has 6 nitrogen and oxygen atoms in total. The highest BCUT2D eigenvalue weighted by atomic mass is 16.4. The Morgan fingerprint density at radius 2 is 2.44 bits per heavy atom. The fourth-order valence-corrected chi connectivity index (χ4v) is 2.10. The van der Waals surface area contributed by atoms with Crippen molar-refractivity contribution in [2.45, 2.75) is 31.8 Å². The number of hydrogen-bond donors (Lipinski definition) is 1. The first-order valence-corrected chi connectivity index (χ1v) is 5.48. The normalized spacial score (nSPS) is 22.2. The fourth-order valence-electron chi connectivity index (χ4n) is 2.10. The highest BCUT2D eigenvalue weighted by Gasteiger charge is 2.28. The molecule has 0 amide bonds. The number of nitrogens with zero attached hydrogens (tertiary/aromatic N) is 4. The van der Waals surface area contributed by atoms with Crippen LogP contribution < -0.4 is 0 Å². The van der Waals surface area contributed by atoms with Crippen LogP contribution in [0.2, 0.25) is 0 Å². The van der Waals surface area contributed by atoms with E-state index in [2.05, 4.69) is 10.1 Å². The van der Waals surface area contributed by atoms with Gasteiger partial charge in [-0.3, -0.25) is 14.4 Å². The molecule has 1 aliphatic heterocycles. The molecule has 0 bridgehead atoms. The van der Waals surface area contributed by atoms with Crippen LogP contribution in [0.15, 0.2) is 6.33 Å². The van der Waals surface area contributed by atoms with Gasteiger partial charge in [-0.15, -0.1) is 0 Å². The van der Waals surface area contributed by atoms with Gasteiger partial charge in [0.2, 0.25) is 0 Å². The minimum Gasteiger partial charge on any atom is -0.480 e. The molecule has 1 N–H and O–H groups in total. The molecule has 2 rings (SSSR count). The molecule has 88 valence electrons. The van der Waals surface area contributed by atoms with E-state index in [1.807, 2.05) is 11.9 Å². The van der Waals surface area contributed by atoms with Gasteiger partial charge in [0.15, 0.2) is 0 Å². The summed E-state index contributed by atoms with van der Waals surface area (Å²) in [6.07, 6.45) is 4.27. The highest BCUT2D eigenvalue weighted by molar-refractivity contribution is 5.73. The monoisotopic (exact) mass is 224 g/mol. The Hall–Kier alpha value is -1.43. The maximum absolute atomic E-state index is 11.1. The first kappa shape index (κ1) is 11.1. The molecule has 0 saturated carbocycles. The van der Waals surface area contributed by atoms with Crippen molar-refractivity contribution in [3.63, 3.8) is 0 Å². The van der Waals surface area contributed by atoms with Gasteiger partial charge >= 0.3 is 5.97 Å². The number of carboxylic acid groups (broad SMARTS) is 1. The average molecular weight is 224 g/mol. The van der Waals surface area contributed by atoms with Gasteiger partial charge in [-0.1, -0.05) is 6.42 Å². The van der Waals surface area contributed by atoms with Crippen LogP contribution in [0.3, 0.4) is 0 Å². The first-order chi connectivity index (χ1) is 7.68. The number of aliphatic carboxylic acids is 1. The van der Waals surface area contributed by atoms with E-state index in [4.69, 9.17) is 5.11 Å². The third kappa shape index (κ3) is 2.21. The van der Waals surface area contributed by atoms with Crippen molar-refractivity contribution in [2.75, 3.05) is 6.54 Å². The third-order valence-electron chi connectivity index (χ3n) is 3.05. The Bertz CT molecular complexity index is 377. The Kier molecular flexibility index (Phi) is 3.19. The van der Waals surface area contributed by atoms with E-state index < -0.39 is 5.97 Å². The van der Waals surface area contributed by atoms with Gasteiger partial charge in [-0.2, -0.15) is 5.10 Å². The molecule has 1 atom stereocenters. The maximum atomic E-state index is 11.1. The van der Waals surface area contributed by atoms with Gasteiger partial charge in [0, 0.05) is 7.05 Å². The second-order valence-corrected chi connectivity index (χ2v) is 4.12. The van der Waals surface area contributed by atoms with Gasteiger partial charge in [0.1, 0.15) is 18.2 Å². The van der Waals surface area contributed by atoms with Gasteiger partial charge < -0.3 is 5.11 Å². The average Bonchev–Trinajstić information content (AvgIpc) is 2.65. The molecule has 0 aliphatic carbocycles. The second kappa shape index (κ2) is 4.61. The lowest BCUT2D eigenvalue weighted by Crippen LogP contribution is -2.44. The van der Waals surface area contributed by atoms with Crippen LogP contribution in [0, 0.1) is 0 Å². The van der Waals surface area contributed by atoms with Gasteiger partial charge in [-0.25, -0.2) is 4.98 Å². The van der Waals surface area contributed by atoms with Crippen molar-refractivity contribution in [2.24, 2.45) is 7.05 Å². The van der Waals surface area contributed by atoms with E-state index in [0.29, 0.717) is 6.54 Å². The lowest BCUT2D eigenvalue weighted by molar-refractivity contribution is -0.144. The van der Waals surface area contributed by atoms with Crippen LogP contribution in [0.4, 0.5) is 0 Å². The zero-order chi connectivity index (χ0) is 11.5. The number of aryl methyl sites for hydroxylation is 1. The summed E-state index contributed by atoms with van der Waals surface area (Å²) in [7, 11) is 1.82. The fraction of sp³-hybridized carbons (Fsp3) is 0.700. The molecule has 1 unspecified atom stereocenters. The summed E-state index contributed by atoms with van der Waals surface area (Å²) >= 11 is 0. The van der Waals surface area contributed by atoms with Crippen LogP contribution in [0.1, 0.15) is 25.1 Å². The molecule has 1 aromatic heterocycles. The summed E-state index contributed by atoms with van der Waals surface area (Å²) in [5.74, 6) is 0.0787. The van der Waals surface area contributed by atoms with E-state index in [1.165, 1.54) is 6.33 Å². The standard InChI is InChI=1S/C10H16N4O2/c1-13-9(11-7-12-13)6-14-5-3-2-4-8(14)10(15)16/h7-8H,2-6H2,1H3,(H,15,16). The van der Waals surface area contributed by atoms with E-state index in [1.54, 1.807) is 4.68 Å². The van der Waals surface area contributed by atoms with Crippen molar-refractivity contribution in [1.29, 1.82) is 0 Å². The third-order valence-corrected chi connectivity index (χ3v) is 3.05. The Morgan fingerprint density at radius 3 is 3.06 bits per heavy atom. The minimum atomic E-state index is -0.734. The van der Waals surface area contributed by atoms with Crippen LogP contribution in [0.25, 0.3) is 0 Å². The van der Waals surface area contributed by atoms with Crippen LogP contribution in [-0.2, 0) is 18.4 Å². The molecular weight excluding hydrogens is 208 g/mol. The number of hydrogen-bond acceptors (Lipinski definition) is 4. The number of aromatic nitrogens is 3. The number of carbonyl (C=O) groups is 1. The lowest BCUT2D eigenvalue weighted by atomic mass is 10.0. The quantitative estimate of drug-likeness (QED) is 0.797. The number of carboxylic acids is 1. The van der Waals surface area contributed by atoms with Crippen molar-refractivity contribution in [1.82, 2.24) is 19.7 Å². The molecule has 1 saturated heterocycles. The maximum Gasteiger partial charge on any atom is 0.320 e. The molecule has 1 aromatic rings. The predicted molar refractivity (Wildman–Crippen MR) is 56.7 cm³/mol. The van der Waals surface area contributed by atoms with Crippen molar-refractivity contribution >= 4 is 5.97 Å². The SMILES string of the molecule is Cn1ncnc1CN1CCCCC1C(=O)O. The summed E-state index contributed by atoms with van der Waals surface area (Å²) in [6, 6.07) is -0.370. The predicted octanol–water partition coefficient (Wildman–Crippen LogP) is 0.254. The molecule has 6 heteroatoms. The Morgan fingerprint density at radius 1 is 1.62 bits per heavy atom. The second-order valence-electron chi connectivity index (χ2n) is 4.12. The molecular formula is C10H16N4O2. The highest BCUT2D eigenvalue weighted by Crippen LogP contribution is 2.18. The van der Waals surface area contributed by atoms with Crippen molar-refractivity contribution in [3.05, 3.63) is 12.2 Å². The van der Waals surface area contributed by atoms with E-state index in [0.717, 1.165) is 31.6 Å². The van der Waals surface area contributed by atoms with E-state index in [-0.39, 0.29) is 6.04 Å². The first-order valence-electron chi connectivity index (χ1n) is 5.48. The number of rotatable bonds is 3. The molecule has 0 radical (unpaired) electrons. The summed E-state index contributed by atoms with van der Waals surface area (Å²) in [5.41, 5.74) is 0. The largest absolute Gasteiger partial charge is 0.480 e. The lowest BCUT2D eigenvalue weighted by Gasteiger charge is -2.32. The number of piperidine rings is 1. The molecule has 1 fully saturated rings. The molecule has 16 heavy (non-hydrogen) atoms. The number of likely N-dealkylation sites (tertiary alicyclic amines) is 1. The summed E-state index contributed by atoms with van der Waals surface area (Å²) in [6.45, 7) is 1.39.